The summed E-state index contributed by atoms with van der Waals surface area (Å²) < 4.78 is 6.99. The highest BCUT2D eigenvalue weighted by atomic mass is 32.1. The molecule has 6 nitrogen and oxygen atoms in total. The van der Waals surface area contributed by atoms with Gasteiger partial charge in [0.15, 0.2) is 0 Å². The number of benzene rings is 2. The standard InChI is InChI=1S/C20H19N3O3S/c1-26-16-4-2-3-13(9-16)11-21-23-18(12-27-20(23)22-14-5-6-14)17-8-7-15(24)10-19(17)25/h2-4,7-12,14,24-25H,5-6H2,1H3/b21-11+,22-20?. The number of aromatic nitrogens is 1. The van der Waals surface area contributed by atoms with E-state index in [-0.39, 0.29) is 11.5 Å². The minimum absolute atomic E-state index is 0.00361. The van der Waals surface area contributed by atoms with E-state index >= 15 is 0 Å². The Balaban J connectivity index is 1.79. The Morgan fingerprint density at radius 1 is 1.19 bits per heavy atom. The second kappa shape index (κ2) is 7.28. The summed E-state index contributed by atoms with van der Waals surface area (Å²) in [5.74, 6) is 0.769. The maximum absolute atomic E-state index is 10.3. The summed E-state index contributed by atoms with van der Waals surface area (Å²) in [5, 5.41) is 26.3. The Morgan fingerprint density at radius 2 is 2.04 bits per heavy atom. The van der Waals surface area contributed by atoms with Gasteiger partial charge in [-0.15, -0.1) is 11.3 Å². The molecular formula is C20H19N3O3S. The zero-order chi connectivity index (χ0) is 18.8. The van der Waals surface area contributed by atoms with Crippen molar-refractivity contribution < 1.29 is 14.9 Å². The van der Waals surface area contributed by atoms with Gasteiger partial charge in [-0.3, -0.25) is 4.99 Å². The zero-order valence-electron chi connectivity index (χ0n) is 14.7. The van der Waals surface area contributed by atoms with E-state index in [2.05, 4.69) is 5.10 Å². The van der Waals surface area contributed by atoms with Crippen molar-refractivity contribution in [2.24, 2.45) is 10.1 Å². The molecule has 2 N–H and O–H groups in total. The van der Waals surface area contributed by atoms with Gasteiger partial charge in [0.1, 0.15) is 17.2 Å². The first-order valence-electron chi connectivity index (χ1n) is 8.59. The first-order valence-corrected chi connectivity index (χ1v) is 9.47. The highest BCUT2D eigenvalue weighted by Crippen LogP contribution is 2.32. The van der Waals surface area contributed by atoms with Crippen LogP contribution in [0.3, 0.4) is 0 Å². The molecule has 27 heavy (non-hydrogen) atoms. The highest BCUT2D eigenvalue weighted by molar-refractivity contribution is 7.07. The van der Waals surface area contributed by atoms with Crippen LogP contribution in [0.4, 0.5) is 0 Å². The first kappa shape index (κ1) is 17.4. The Hall–Kier alpha value is -3.06. The topological polar surface area (TPSA) is 79.3 Å². The predicted molar refractivity (Wildman–Crippen MR) is 106 cm³/mol. The van der Waals surface area contributed by atoms with E-state index in [0.29, 0.717) is 11.6 Å². The van der Waals surface area contributed by atoms with E-state index in [4.69, 9.17) is 9.73 Å². The number of phenols is 2. The summed E-state index contributed by atoms with van der Waals surface area (Å²) in [4.78, 5) is 5.50. The van der Waals surface area contributed by atoms with E-state index in [1.54, 1.807) is 30.1 Å². The quantitative estimate of drug-likeness (QED) is 0.663. The SMILES string of the molecule is COc1cccc(/C=N/n2c(-c3ccc(O)cc3O)csc2=NC2CC2)c1. The molecule has 138 valence electrons. The largest absolute Gasteiger partial charge is 0.508 e. The second-order valence-corrected chi connectivity index (χ2v) is 7.13. The van der Waals surface area contributed by atoms with Gasteiger partial charge in [0, 0.05) is 17.0 Å². The van der Waals surface area contributed by atoms with Crippen molar-refractivity contribution in [3.05, 3.63) is 58.2 Å². The van der Waals surface area contributed by atoms with Crippen LogP contribution in [-0.4, -0.2) is 34.3 Å². The van der Waals surface area contributed by atoms with Crippen molar-refractivity contribution in [2.75, 3.05) is 7.11 Å². The Bertz CT molecular complexity index is 1060. The third kappa shape index (κ3) is 3.88. The van der Waals surface area contributed by atoms with Crippen LogP contribution < -0.4 is 9.54 Å². The number of methoxy groups -OCH3 is 1. The third-order valence-electron chi connectivity index (χ3n) is 4.20. The molecule has 0 bridgehead atoms. The molecule has 0 unspecified atom stereocenters. The summed E-state index contributed by atoms with van der Waals surface area (Å²) in [7, 11) is 1.63. The van der Waals surface area contributed by atoms with Crippen molar-refractivity contribution in [1.29, 1.82) is 0 Å². The molecule has 0 spiro atoms. The van der Waals surface area contributed by atoms with E-state index in [0.717, 1.165) is 34.6 Å². The molecule has 1 aromatic heterocycles. The summed E-state index contributed by atoms with van der Waals surface area (Å²) in [6, 6.07) is 12.5. The molecule has 1 heterocycles. The van der Waals surface area contributed by atoms with Gasteiger partial charge in [-0.1, -0.05) is 12.1 Å². The molecule has 0 atom stereocenters. The molecule has 0 aliphatic heterocycles. The molecule has 2 aromatic carbocycles. The molecule has 0 saturated heterocycles. The van der Waals surface area contributed by atoms with E-state index < -0.39 is 0 Å². The molecule has 1 saturated carbocycles. The number of rotatable bonds is 5. The molecule has 0 amide bonds. The van der Waals surface area contributed by atoms with Crippen LogP contribution in [0.15, 0.2) is 57.9 Å². The minimum Gasteiger partial charge on any atom is -0.508 e. The molecule has 3 aromatic rings. The van der Waals surface area contributed by atoms with Crippen LogP contribution in [0.2, 0.25) is 0 Å². The average molecular weight is 381 g/mol. The molecule has 0 radical (unpaired) electrons. The van der Waals surface area contributed by atoms with Crippen LogP contribution >= 0.6 is 11.3 Å². The summed E-state index contributed by atoms with van der Waals surface area (Å²) >= 11 is 1.48. The van der Waals surface area contributed by atoms with Crippen LogP contribution in [0.1, 0.15) is 18.4 Å². The summed E-state index contributed by atoms with van der Waals surface area (Å²) in [5.41, 5.74) is 2.20. The molecule has 7 heteroatoms. The second-order valence-electron chi connectivity index (χ2n) is 6.30. The number of nitrogens with zero attached hydrogens (tertiary/aromatic N) is 3. The fourth-order valence-electron chi connectivity index (χ4n) is 2.63. The van der Waals surface area contributed by atoms with Crippen molar-refractivity contribution in [2.45, 2.75) is 18.9 Å². The highest BCUT2D eigenvalue weighted by Gasteiger charge is 2.21. The van der Waals surface area contributed by atoms with E-state index in [1.165, 1.54) is 17.4 Å². The van der Waals surface area contributed by atoms with Crippen LogP contribution in [-0.2, 0) is 0 Å². The van der Waals surface area contributed by atoms with Gasteiger partial charge in [-0.05, 0) is 42.7 Å². The number of phenolic OH excluding ortho intramolecular Hbond substituents is 2. The number of aromatic hydroxyl groups is 2. The van der Waals surface area contributed by atoms with Crippen LogP contribution in [0.25, 0.3) is 11.3 Å². The van der Waals surface area contributed by atoms with Crippen LogP contribution in [0, 0.1) is 0 Å². The van der Waals surface area contributed by atoms with Gasteiger partial charge < -0.3 is 14.9 Å². The normalized spacial score (nSPS) is 14.8. The molecular weight excluding hydrogens is 362 g/mol. The third-order valence-corrected chi connectivity index (χ3v) is 5.03. The van der Waals surface area contributed by atoms with E-state index in [1.807, 2.05) is 29.6 Å². The van der Waals surface area contributed by atoms with Crippen molar-refractivity contribution in [3.63, 3.8) is 0 Å². The fourth-order valence-corrected chi connectivity index (χ4v) is 3.53. The lowest BCUT2D eigenvalue weighted by molar-refractivity contribution is 0.414. The molecule has 1 aliphatic carbocycles. The summed E-state index contributed by atoms with van der Waals surface area (Å²) in [6.45, 7) is 0. The van der Waals surface area contributed by atoms with Crippen LogP contribution in [0.5, 0.6) is 17.2 Å². The Kier molecular flexibility index (Phi) is 4.68. The van der Waals surface area contributed by atoms with Gasteiger partial charge in [-0.25, -0.2) is 4.68 Å². The van der Waals surface area contributed by atoms with Gasteiger partial charge in [0.2, 0.25) is 4.80 Å². The fraction of sp³-hybridized carbons (Fsp3) is 0.200. The zero-order valence-corrected chi connectivity index (χ0v) is 15.6. The van der Waals surface area contributed by atoms with Gasteiger partial charge in [-0.2, -0.15) is 5.10 Å². The lowest BCUT2D eigenvalue weighted by atomic mass is 10.1. The maximum atomic E-state index is 10.3. The van der Waals surface area contributed by atoms with E-state index in [9.17, 15) is 10.2 Å². The monoisotopic (exact) mass is 381 g/mol. The van der Waals surface area contributed by atoms with Crippen molar-refractivity contribution in [3.8, 4) is 28.5 Å². The lowest BCUT2D eigenvalue weighted by Gasteiger charge is -2.06. The Morgan fingerprint density at radius 3 is 2.78 bits per heavy atom. The van der Waals surface area contributed by atoms with Gasteiger partial charge in [0.25, 0.3) is 0 Å². The smallest absolute Gasteiger partial charge is 0.206 e. The predicted octanol–water partition coefficient (Wildman–Crippen LogP) is 3.58. The van der Waals surface area contributed by atoms with Crippen molar-refractivity contribution >= 4 is 17.6 Å². The number of hydrogen-bond donors (Lipinski definition) is 2. The number of ether oxygens (including phenoxy) is 1. The number of hydrogen-bond acceptors (Lipinski definition) is 6. The van der Waals surface area contributed by atoms with Crippen molar-refractivity contribution in [1.82, 2.24) is 4.68 Å². The first-order chi connectivity index (χ1) is 13.1. The average Bonchev–Trinajstić information content (AvgIpc) is 3.40. The molecule has 1 fully saturated rings. The summed E-state index contributed by atoms with van der Waals surface area (Å²) in [6.07, 6.45) is 3.93. The van der Waals surface area contributed by atoms with Gasteiger partial charge >= 0.3 is 0 Å². The lowest BCUT2D eigenvalue weighted by Crippen LogP contribution is -2.13. The number of thiazole rings is 1. The molecule has 1 aliphatic rings. The maximum Gasteiger partial charge on any atom is 0.206 e. The van der Waals surface area contributed by atoms with Gasteiger partial charge in [0.05, 0.1) is 25.1 Å². The minimum atomic E-state index is -0.00361. The molecule has 4 rings (SSSR count). The Labute approximate surface area is 160 Å².